The van der Waals surface area contributed by atoms with Crippen molar-refractivity contribution in [1.29, 1.82) is 0 Å². The van der Waals surface area contributed by atoms with Crippen LogP contribution in [0.25, 0.3) is 10.8 Å². The molecule has 0 aliphatic carbocycles. The lowest BCUT2D eigenvalue weighted by molar-refractivity contribution is 0.321. The molecule has 0 amide bonds. The van der Waals surface area contributed by atoms with Crippen LogP contribution in [0.2, 0.25) is 0 Å². The highest BCUT2D eigenvalue weighted by Gasteiger charge is 2.25. The second-order valence-corrected chi connectivity index (χ2v) is 13.6. The molecule has 0 bridgehead atoms. The lowest BCUT2D eigenvalue weighted by Gasteiger charge is -2.17. The van der Waals surface area contributed by atoms with Crippen LogP contribution in [0.15, 0.2) is 61.3 Å². The Balaban J connectivity index is 2.22. The van der Waals surface area contributed by atoms with Crippen molar-refractivity contribution < 1.29 is 44.2 Å². The molecule has 4 N–H and O–H groups in total. The summed E-state index contributed by atoms with van der Waals surface area (Å²) in [5.41, 5.74) is -0.856. The average Bonchev–Trinajstić information content (AvgIpc) is 2.90. The number of phenolic OH excluding ortho intramolecular Hbond substituents is 1. The van der Waals surface area contributed by atoms with Crippen molar-refractivity contribution in [3.63, 3.8) is 0 Å². The highest BCUT2D eigenvalue weighted by atomic mass is 32.2. The number of nitrogens with zero attached hydrogens (tertiary/aromatic N) is 3. The van der Waals surface area contributed by atoms with Gasteiger partial charge in [0.05, 0.1) is 22.7 Å². The highest BCUT2D eigenvalue weighted by Crippen LogP contribution is 2.45. The maximum absolute atomic E-state index is 13.0. The van der Waals surface area contributed by atoms with Crippen molar-refractivity contribution in [3.8, 4) is 11.5 Å². The third-order valence-corrected chi connectivity index (χ3v) is 9.70. The van der Waals surface area contributed by atoms with E-state index in [1.807, 2.05) is 18.7 Å². The van der Waals surface area contributed by atoms with E-state index in [2.05, 4.69) is 15.5 Å². The van der Waals surface area contributed by atoms with Gasteiger partial charge in [-0.15, -0.1) is 10.2 Å². The van der Waals surface area contributed by atoms with E-state index in [0.717, 1.165) is 18.2 Å². The van der Waals surface area contributed by atoms with E-state index in [0.29, 0.717) is 19.6 Å². The second-order valence-electron chi connectivity index (χ2n) is 8.72. The second kappa shape index (κ2) is 12.3. The van der Waals surface area contributed by atoms with Crippen molar-refractivity contribution in [2.75, 3.05) is 44.9 Å². The van der Waals surface area contributed by atoms with Crippen LogP contribution in [0.4, 0.5) is 17.1 Å². The third kappa shape index (κ3) is 7.11. The zero-order valence-corrected chi connectivity index (χ0v) is 25.0. The van der Waals surface area contributed by atoms with Crippen molar-refractivity contribution in [2.24, 2.45) is 10.2 Å². The molecule has 14 nitrogen and oxygen atoms in total. The zero-order valence-electron chi connectivity index (χ0n) is 22.6. The number of benzene rings is 3. The van der Waals surface area contributed by atoms with Crippen LogP contribution in [0, 0.1) is 0 Å². The molecule has 3 aromatic rings. The number of hydrogen-bond donors (Lipinski definition) is 4. The highest BCUT2D eigenvalue weighted by molar-refractivity contribution is 7.91. The van der Waals surface area contributed by atoms with E-state index in [4.69, 9.17) is 4.74 Å². The quantitative estimate of drug-likeness (QED) is 0.167. The number of phenols is 1. The number of fused-ring (bicyclic) bond motifs is 1. The lowest BCUT2D eigenvalue weighted by atomic mass is 10.1. The van der Waals surface area contributed by atoms with Crippen LogP contribution in [-0.4, -0.2) is 83.9 Å². The fourth-order valence-corrected chi connectivity index (χ4v) is 6.55. The lowest BCUT2D eigenvalue weighted by Crippen LogP contribution is -2.29. The van der Waals surface area contributed by atoms with Crippen molar-refractivity contribution in [2.45, 2.75) is 28.5 Å². The minimum absolute atomic E-state index is 0.0233. The predicted octanol–water partition coefficient (Wildman–Crippen LogP) is 3.62. The van der Waals surface area contributed by atoms with Crippen LogP contribution in [0.5, 0.6) is 11.5 Å². The molecule has 3 aromatic carbocycles. The number of hydrogen-bond acceptors (Lipinski definition) is 12. The molecular formula is C24H30N4O10S3. The van der Waals surface area contributed by atoms with Gasteiger partial charge >= 0.3 is 0 Å². The molecule has 3 rings (SSSR count). The summed E-state index contributed by atoms with van der Waals surface area (Å²) in [6, 6.07) is 6.61. The Morgan fingerprint density at radius 2 is 1.56 bits per heavy atom. The number of nitrogens with one attached hydrogen (secondary N) is 1. The summed E-state index contributed by atoms with van der Waals surface area (Å²) in [6.07, 6.45) is 0. The largest absolute Gasteiger partial charge is 0.505 e. The summed E-state index contributed by atoms with van der Waals surface area (Å²) >= 11 is 0. The van der Waals surface area contributed by atoms with Crippen molar-refractivity contribution in [1.82, 2.24) is 4.90 Å². The van der Waals surface area contributed by atoms with Gasteiger partial charge in [-0.3, -0.25) is 9.11 Å². The van der Waals surface area contributed by atoms with Gasteiger partial charge in [-0.1, -0.05) is 13.8 Å². The molecule has 0 aliphatic heterocycles. The number of sulfone groups is 1. The normalized spacial score (nSPS) is 12.9. The Morgan fingerprint density at radius 3 is 2.10 bits per heavy atom. The Labute approximate surface area is 238 Å². The number of anilines is 1. The molecule has 17 heteroatoms. The number of methoxy groups -OCH3 is 1. The summed E-state index contributed by atoms with van der Waals surface area (Å²) in [5.74, 6) is -0.889. The number of azo groups is 1. The van der Waals surface area contributed by atoms with E-state index in [1.165, 1.54) is 32.4 Å². The Kier molecular flexibility index (Phi) is 9.62. The molecule has 41 heavy (non-hydrogen) atoms. The first-order valence-electron chi connectivity index (χ1n) is 12.1. The van der Waals surface area contributed by atoms with Crippen LogP contribution < -0.4 is 10.1 Å². The smallest absolute Gasteiger partial charge is 0.296 e. The molecule has 0 saturated carbocycles. The van der Waals surface area contributed by atoms with Crippen LogP contribution in [0.1, 0.15) is 13.8 Å². The van der Waals surface area contributed by atoms with Gasteiger partial charge in [0.2, 0.25) is 0 Å². The van der Waals surface area contributed by atoms with E-state index in [1.54, 1.807) is 0 Å². The topological polar surface area (TPSA) is 212 Å². The molecule has 0 atom stereocenters. The van der Waals surface area contributed by atoms with E-state index < -0.39 is 51.3 Å². The summed E-state index contributed by atoms with van der Waals surface area (Å²) in [7, 11) is -10.9. The Bertz CT molecular complexity index is 1820. The standard InChI is InChI=1S/C24H30N4O10S3/c1-5-28(6-2)9-10-39(30,31)16-7-8-20(38-4)18(13-16)26-27-23-21(41(35,36)37)12-15-11-17(40(32,33)34)14-19(25-3)22(15)24(23)29/h7-8,11-14,25,29H,5-6,9-10H2,1-4H3,(H,32,33,34)(H,35,36,37)/b27-26+. The maximum atomic E-state index is 13.0. The number of rotatable bonds is 12. The Hall–Kier alpha value is -3.35. The van der Waals surface area contributed by atoms with Gasteiger partial charge in [-0.25, -0.2) is 8.42 Å². The third-order valence-electron chi connectivity index (χ3n) is 6.31. The SMILES string of the molecule is CCN(CC)CCS(=O)(=O)c1ccc(OC)c(/N=N/c2c(S(=O)(=O)O)cc3cc(S(=O)(=O)O)cc(NC)c3c2O)c1. The summed E-state index contributed by atoms with van der Waals surface area (Å²) in [4.78, 5) is 0.322. The predicted molar refractivity (Wildman–Crippen MR) is 152 cm³/mol. The monoisotopic (exact) mass is 630 g/mol. The fourth-order valence-electron chi connectivity index (χ4n) is 4.05. The molecule has 0 heterocycles. The molecule has 0 saturated heterocycles. The van der Waals surface area contributed by atoms with Crippen molar-refractivity contribution >= 4 is 57.9 Å². The van der Waals surface area contributed by atoms with Crippen LogP contribution in [0.3, 0.4) is 0 Å². The Morgan fingerprint density at radius 1 is 0.902 bits per heavy atom. The van der Waals surface area contributed by atoms with Crippen LogP contribution in [-0.2, 0) is 30.1 Å². The molecule has 0 aromatic heterocycles. The van der Waals surface area contributed by atoms with Gasteiger partial charge in [-0.2, -0.15) is 16.8 Å². The molecule has 0 spiro atoms. The summed E-state index contributed by atoms with van der Waals surface area (Å²) in [6.45, 7) is 5.47. The first-order valence-corrected chi connectivity index (χ1v) is 16.6. The van der Waals surface area contributed by atoms with Crippen LogP contribution >= 0.6 is 0 Å². The first kappa shape index (κ1) is 32.2. The van der Waals surface area contributed by atoms with Gasteiger partial charge in [-0.05, 0) is 54.9 Å². The zero-order chi connectivity index (χ0) is 30.8. The van der Waals surface area contributed by atoms with Gasteiger partial charge < -0.3 is 20.1 Å². The average molecular weight is 631 g/mol. The van der Waals surface area contributed by atoms with Gasteiger partial charge in [0.15, 0.2) is 15.6 Å². The minimum Gasteiger partial charge on any atom is -0.505 e. The summed E-state index contributed by atoms with van der Waals surface area (Å²) in [5, 5.41) is 21.2. The number of ether oxygens (including phenoxy) is 1. The maximum Gasteiger partial charge on any atom is 0.296 e. The van der Waals surface area contributed by atoms with Gasteiger partial charge in [0.25, 0.3) is 20.2 Å². The fraction of sp³-hybridized carbons (Fsp3) is 0.333. The molecule has 0 unspecified atom stereocenters. The summed E-state index contributed by atoms with van der Waals surface area (Å²) < 4.78 is 98.4. The van der Waals surface area contributed by atoms with E-state index in [-0.39, 0.29) is 38.5 Å². The molecule has 224 valence electrons. The minimum atomic E-state index is -5.07. The van der Waals surface area contributed by atoms with E-state index >= 15 is 0 Å². The van der Waals surface area contributed by atoms with Gasteiger partial charge in [0.1, 0.15) is 22.0 Å². The van der Waals surface area contributed by atoms with Gasteiger partial charge in [0, 0.05) is 24.7 Å². The molecule has 0 fully saturated rings. The molecule has 0 radical (unpaired) electrons. The molecular weight excluding hydrogens is 600 g/mol. The van der Waals surface area contributed by atoms with E-state index in [9.17, 15) is 39.5 Å². The molecule has 0 aliphatic rings. The first-order chi connectivity index (χ1) is 19.1. The number of aromatic hydroxyl groups is 1. The van der Waals surface area contributed by atoms with Crippen molar-refractivity contribution in [3.05, 3.63) is 36.4 Å².